The Morgan fingerprint density at radius 2 is 1.79 bits per heavy atom. The van der Waals surface area contributed by atoms with Gasteiger partial charge in [-0.3, -0.25) is 9.78 Å². The van der Waals surface area contributed by atoms with Crippen molar-refractivity contribution in [3.05, 3.63) is 65.5 Å². The van der Waals surface area contributed by atoms with E-state index in [1.165, 1.54) is 12.3 Å². The first-order valence-electron chi connectivity index (χ1n) is 5.57. The van der Waals surface area contributed by atoms with E-state index in [0.29, 0.717) is 5.56 Å². The lowest BCUT2D eigenvalue weighted by molar-refractivity contribution is -0.138. The van der Waals surface area contributed by atoms with E-state index in [-0.39, 0.29) is 17.8 Å². The van der Waals surface area contributed by atoms with E-state index in [2.05, 4.69) is 4.98 Å². The summed E-state index contributed by atoms with van der Waals surface area (Å²) in [5.41, 5.74) is -0.525. The molecule has 2 rings (SSSR count). The third-order valence-corrected chi connectivity index (χ3v) is 2.66. The van der Waals surface area contributed by atoms with Gasteiger partial charge in [0.2, 0.25) is 0 Å². The summed E-state index contributed by atoms with van der Waals surface area (Å²) in [7, 11) is 0. The molecule has 2 nitrogen and oxygen atoms in total. The molecule has 0 radical (unpaired) electrons. The molecule has 0 atom stereocenters. The van der Waals surface area contributed by atoms with Gasteiger partial charge in [0.15, 0.2) is 5.78 Å². The molecule has 0 amide bonds. The first kappa shape index (κ1) is 13.3. The first-order valence-corrected chi connectivity index (χ1v) is 5.57. The van der Waals surface area contributed by atoms with Crippen LogP contribution in [-0.2, 0) is 12.6 Å². The van der Waals surface area contributed by atoms with Gasteiger partial charge in [0.25, 0.3) is 0 Å². The minimum absolute atomic E-state index is 0.0589. The van der Waals surface area contributed by atoms with Crippen LogP contribution in [-0.4, -0.2) is 10.8 Å². The van der Waals surface area contributed by atoms with Crippen LogP contribution >= 0.6 is 0 Å². The van der Waals surface area contributed by atoms with Crippen molar-refractivity contribution in [3.63, 3.8) is 0 Å². The second-order valence-corrected chi connectivity index (χ2v) is 4.00. The van der Waals surface area contributed by atoms with Crippen molar-refractivity contribution >= 4 is 5.78 Å². The SMILES string of the molecule is O=C(Cc1ccncc1C(F)(F)F)c1ccccc1. The summed E-state index contributed by atoms with van der Waals surface area (Å²) in [6, 6.07) is 9.47. The van der Waals surface area contributed by atoms with Crippen LogP contribution in [0.1, 0.15) is 21.5 Å². The van der Waals surface area contributed by atoms with Gasteiger partial charge >= 0.3 is 6.18 Å². The highest BCUT2D eigenvalue weighted by Gasteiger charge is 2.33. The summed E-state index contributed by atoms with van der Waals surface area (Å²) in [4.78, 5) is 15.4. The maximum absolute atomic E-state index is 12.7. The van der Waals surface area contributed by atoms with Crippen molar-refractivity contribution in [1.82, 2.24) is 4.98 Å². The van der Waals surface area contributed by atoms with E-state index in [0.717, 1.165) is 6.20 Å². The molecular formula is C14H10F3NO. The Morgan fingerprint density at radius 1 is 1.11 bits per heavy atom. The van der Waals surface area contributed by atoms with Crippen molar-refractivity contribution in [2.75, 3.05) is 0 Å². The molecule has 0 aliphatic heterocycles. The monoisotopic (exact) mass is 265 g/mol. The van der Waals surface area contributed by atoms with Crippen LogP contribution in [0.5, 0.6) is 0 Å². The minimum Gasteiger partial charge on any atom is -0.294 e. The molecule has 0 aliphatic rings. The van der Waals surface area contributed by atoms with Crippen molar-refractivity contribution in [2.45, 2.75) is 12.6 Å². The first-order chi connectivity index (χ1) is 8.98. The number of hydrogen-bond donors (Lipinski definition) is 0. The zero-order valence-electron chi connectivity index (χ0n) is 9.82. The molecule has 0 saturated heterocycles. The van der Waals surface area contributed by atoms with Gasteiger partial charge in [-0.2, -0.15) is 13.2 Å². The normalized spacial score (nSPS) is 11.3. The Hall–Kier alpha value is -2.17. The molecule has 5 heteroatoms. The molecule has 0 aliphatic carbocycles. The number of nitrogens with zero attached hydrogens (tertiary/aromatic N) is 1. The van der Waals surface area contributed by atoms with Crippen molar-refractivity contribution in [1.29, 1.82) is 0 Å². The molecule has 0 N–H and O–H groups in total. The Kier molecular flexibility index (Phi) is 3.64. The molecule has 0 fully saturated rings. The highest BCUT2D eigenvalue weighted by atomic mass is 19.4. The van der Waals surface area contributed by atoms with Crippen LogP contribution in [0.3, 0.4) is 0 Å². The van der Waals surface area contributed by atoms with Gasteiger partial charge in [-0.1, -0.05) is 30.3 Å². The molecular weight excluding hydrogens is 255 g/mol. The quantitative estimate of drug-likeness (QED) is 0.795. The number of halogens is 3. The number of pyridine rings is 1. The van der Waals surface area contributed by atoms with E-state index < -0.39 is 11.7 Å². The Morgan fingerprint density at radius 3 is 2.42 bits per heavy atom. The predicted octanol–water partition coefficient (Wildman–Crippen LogP) is 3.53. The average Bonchev–Trinajstić information content (AvgIpc) is 2.39. The molecule has 19 heavy (non-hydrogen) atoms. The number of carbonyl (C=O) groups excluding carboxylic acids is 1. The fourth-order valence-corrected chi connectivity index (χ4v) is 1.73. The van der Waals surface area contributed by atoms with E-state index in [1.807, 2.05) is 0 Å². The Labute approximate surface area is 107 Å². The minimum atomic E-state index is -4.50. The zero-order valence-corrected chi connectivity index (χ0v) is 9.82. The second-order valence-electron chi connectivity index (χ2n) is 4.00. The van der Waals surface area contributed by atoms with Gasteiger partial charge in [0.1, 0.15) is 0 Å². The lowest BCUT2D eigenvalue weighted by Gasteiger charge is -2.11. The highest BCUT2D eigenvalue weighted by molar-refractivity contribution is 5.97. The van der Waals surface area contributed by atoms with Gasteiger partial charge in [-0.15, -0.1) is 0 Å². The molecule has 0 unspecified atom stereocenters. The molecule has 1 heterocycles. The van der Waals surface area contributed by atoms with E-state index in [9.17, 15) is 18.0 Å². The Balaban J connectivity index is 2.28. The fraction of sp³-hybridized carbons (Fsp3) is 0.143. The number of ketones is 1. The van der Waals surface area contributed by atoms with E-state index in [1.54, 1.807) is 30.3 Å². The van der Waals surface area contributed by atoms with Crippen LogP contribution in [0, 0.1) is 0 Å². The van der Waals surface area contributed by atoms with Crippen LogP contribution in [0.4, 0.5) is 13.2 Å². The molecule has 0 spiro atoms. The van der Waals surface area contributed by atoms with Crippen molar-refractivity contribution < 1.29 is 18.0 Å². The molecule has 1 aromatic heterocycles. The van der Waals surface area contributed by atoms with Crippen LogP contribution in [0.15, 0.2) is 48.8 Å². The third kappa shape index (κ3) is 3.19. The van der Waals surface area contributed by atoms with E-state index >= 15 is 0 Å². The summed E-state index contributed by atoms with van der Waals surface area (Å²) in [6.45, 7) is 0. The number of carbonyl (C=O) groups is 1. The summed E-state index contributed by atoms with van der Waals surface area (Å²) >= 11 is 0. The van der Waals surface area contributed by atoms with Gasteiger partial charge in [-0.25, -0.2) is 0 Å². The van der Waals surface area contributed by atoms with Gasteiger partial charge in [-0.05, 0) is 11.6 Å². The summed E-state index contributed by atoms with van der Waals surface area (Å²) in [5, 5.41) is 0. The van der Waals surface area contributed by atoms with Crippen molar-refractivity contribution in [2.24, 2.45) is 0 Å². The van der Waals surface area contributed by atoms with Gasteiger partial charge in [0, 0.05) is 24.4 Å². The lowest BCUT2D eigenvalue weighted by atomic mass is 10.0. The number of hydrogen-bond acceptors (Lipinski definition) is 2. The number of aromatic nitrogens is 1. The highest BCUT2D eigenvalue weighted by Crippen LogP contribution is 2.31. The maximum atomic E-state index is 12.7. The molecule has 98 valence electrons. The summed E-state index contributed by atoms with van der Waals surface area (Å²) < 4.78 is 38.2. The van der Waals surface area contributed by atoms with Gasteiger partial charge < -0.3 is 0 Å². The number of Topliss-reactive ketones (excluding diaryl/α,β-unsaturated/α-hetero) is 1. The smallest absolute Gasteiger partial charge is 0.294 e. The van der Waals surface area contributed by atoms with Crippen LogP contribution in [0.2, 0.25) is 0 Å². The number of alkyl halides is 3. The topological polar surface area (TPSA) is 30.0 Å². The van der Waals surface area contributed by atoms with Crippen molar-refractivity contribution in [3.8, 4) is 0 Å². The number of benzene rings is 1. The molecule has 2 aromatic rings. The predicted molar refractivity (Wildman–Crippen MR) is 63.7 cm³/mol. The summed E-state index contributed by atoms with van der Waals surface area (Å²) in [6.07, 6.45) is -2.79. The number of rotatable bonds is 3. The standard InChI is InChI=1S/C14H10F3NO/c15-14(16,17)12-9-18-7-6-11(12)8-13(19)10-4-2-1-3-5-10/h1-7,9H,8H2. The average molecular weight is 265 g/mol. The third-order valence-electron chi connectivity index (χ3n) is 2.66. The second kappa shape index (κ2) is 5.22. The van der Waals surface area contributed by atoms with E-state index in [4.69, 9.17) is 0 Å². The van der Waals surface area contributed by atoms with Crippen LogP contribution < -0.4 is 0 Å². The zero-order chi connectivity index (χ0) is 13.9. The fourth-order valence-electron chi connectivity index (χ4n) is 1.73. The molecule has 0 bridgehead atoms. The lowest BCUT2D eigenvalue weighted by Crippen LogP contribution is -2.13. The maximum Gasteiger partial charge on any atom is 0.418 e. The molecule has 0 saturated carbocycles. The summed E-state index contributed by atoms with van der Waals surface area (Å²) in [5.74, 6) is -0.350. The van der Waals surface area contributed by atoms with Crippen LogP contribution in [0.25, 0.3) is 0 Å². The molecule has 1 aromatic carbocycles. The largest absolute Gasteiger partial charge is 0.418 e. The van der Waals surface area contributed by atoms with Gasteiger partial charge in [0.05, 0.1) is 5.56 Å². The Bertz CT molecular complexity index is 579.